The minimum Gasteiger partial charge on any atom is -0.387 e. The van der Waals surface area contributed by atoms with Gasteiger partial charge in [-0.15, -0.1) is 0 Å². The number of benzene rings is 1. The van der Waals surface area contributed by atoms with Crippen molar-refractivity contribution in [2.45, 2.75) is 25.5 Å². The Morgan fingerprint density at radius 1 is 1.33 bits per heavy atom. The zero-order valence-electron chi connectivity index (χ0n) is 8.28. The van der Waals surface area contributed by atoms with Gasteiger partial charge in [-0.25, -0.2) is 0 Å². The second kappa shape index (κ2) is 3.26. The molecule has 0 bridgehead atoms. The van der Waals surface area contributed by atoms with Crippen LogP contribution in [0.5, 0.6) is 0 Å². The van der Waals surface area contributed by atoms with Gasteiger partial charge in [0.05, 0.1) is 6.10 Å². The first kappa shape index (κ1) is 9.25. The van der Waals surface area contributed by atoms with Gasteiger partial charge in [0.15, 0.2) is 0 Å². The number of aromatic nitrogens is 1. The number of hydrogen-bond donors (Lipinski definition) is 1. The third-order valence-electron chi connectivity index (χ3n) is 3.10. The summed E-state index contributed by atoms with van der Waals surface area (Å²) < 4.78 is 2.19. The average molecular weight is 222 g/mol. The lowest BCUT2D eigenvalue weighted by Gasteiger charge is -2.20. The van der Waals surface area contributed by atoms with Crippen LogP contribution in [0.3, 0.4) is 0 Å². The molecule has 1 unspecified atom stereocenters. The number of aliphatic hydroxyl groups is 1. The van der Waals surface area contributed by atoms with Crippen molar-refractivity contribution in [3.05, 3.63) is 35.0 Å². The molecule has 1 N–H and O–H groups in total. The van der Waals surface area contributed by atoms with Gasteiger partial charge in [-0.05, 0) is 37.1 Å². The first-order valence-electron chi connectivity index (χ1n) is 5.22. The summed E-state index contributed by atoms with van der Waals surface area (Å²) in [6, 6.07) is 7.93. The number of hydrogen-bond acceptors (Lipinski definition) is 1. The van der Waals surface area contributed by atoms with Gasteiger partial charge in [-0.3, -0.25) is 0 Å². The fraction of sp³-hybridized carbons (Fsp3) is 0.333. The molecule has 0 radical (unpaired) electrons. The lowest BCUT2D eigenvalue weighted by atomic mass is 10.1. The van der Waals surface area contributed by atoms with Gasteiger partial charge in [0, 0.05) is 28.2 Å². The molecular weight excluding hydrogens is 210 g/mol. The molecule has 2 nitrogen and oxygen atoms in total. The zero-order valence-corrected chi connectivity index (χ0v) is 9.04. The van der Waals surface area contributed by atoms with Crippen molar-refractivity contribution in [1.29, 1.82) is 0 Å². The second-order valence-corrected chi connectivity index (χ2v) is 4.52. The molecule has 0 spiro atoms. The zero-order chi connectivity index (χ0) is 10.4. The Balaban J connectivity index is 2.30. The predicted molar refractivity (Wildman–Crippen MR) is 61.1 cm³/mol. The summed E-state index contributed by atoms with van der Waals surface area (Å²) in [7, 11) is 0. The van der Waals surface area contributed by atoms with Gasteiger partial charge in [0.2, 0.25) is 0 Å². The van der Waals surface area contributed by atoms with Crippen LogP contribution in [-0.4, -0.2) is 9.67 Å². The number of rotatable bonds is 0. The van der Waals surface area contributed by atoms with Crippen molar-refractivity contribution in [3.8, 4) is 0 Å². The first-order valence-corrected chi connectivity index (χ1v) is 5.60. The molecule has 3 rings (SSSR count). The molecule has 0 aliphatic carbocycles. The Morgan fingerprint density at radius 3 is 3.07 bits per heavy atom. The van der Waals surface area contributed by atoms with E-state index in [0.29, 0.717) is 0 Å². The van der Waals surface area contributed by atoms with Gasteiger partial charge < -0.3 is 9.67 Å². The molecule has 1 aromatic heterocycles. The largest absolute Gasteiger partial charge is 0.387 e. The predicted octanol–water partition coefficient (Wildman–Crippen LogP) is 3.12. The summed E-state index contributed by atoms with van der Waals surface area (Å²) in [4.78, 5) is 0. The van der Waals surface area contributed by atoms with Crippen molar-refractivity contribution < 1.29 is 5.11 Å². The van der Waals surface area contributed by atoms with Crippen LogP contribution in [0, 0.1) is 0 Å². The highest BCUT2D eigenvalue weighted by atomic mass is 35.5. The first-order chi connectivity index (χ1) is 7.25. The van der Waals surface area contributed by atoms with Gasteiger partial charge in [0.1, 0.15) is 0 Å². The van der Waals surface area contributed by atoms with Crippen LogP contribution in [-0.2, 0) is 6.54 Å². The summed E-state index contributed by atoms with van der Waals surface area (Å²) in [6.07, 6.45) is 1.59. The smallest absolute Gasteiger partial charge is 0.0940 e. The van der Waals surface area contributed by atoms with Crippen LogP contribution in [0.2, 0.25) is 5.02 Å². The number of aryl methyl sites for hydroxylation is 1. The van der Waals surface area contributed by atoms with Crippen LogP contribution in [0.4, 0.5) is 0 Å². The lowest BCUT2D eigenvalue weighted by Crippen LogP contribution is -2.14. The third kappa shape index (κ3) is 1.36. The Bertz CT molecular complexity index is 518. The van der Waals surface area contributed by atoms with Gasteiger partial charge in [0.25, 0.3) is 0 Å². The maximum atomic E-state index is 9.88. The quantitative estimate of drug-likeness (QED) is 0.727. The fourth-order valence-electron chi connectivity index (χ4n) is 2.38. The van der Waals surface area contributed by atoms with Crippen molar-refractivity contribution >= 4 is 22.5 Å². The molecule has 3 heteroatoms. The van der Waals surface area contributed by atoms with Crippen LogP contribution < -0.4 is 0 Å². The van der Waals surface area contributed by atoms with Crippen LogP contribution in [0.25, 0.3) is 10.9 Å². The normalized spacial score (nSPS) is 20.5. The Labute approximate surface area is 93.1 Å². The van der Waals surface area contributed by atoms with E-state index in [-0.39, 0.29) is 6.10 Å². The van der Waals surface area contributed by atoms with E-state index in [4.69, 9.17) is 11.6 Å². The summed E-state index contributed by atoms with van der Waals surface area (Å²) in [5.74, 6) is 0. The Hall–Kier alpha value is -0.990. The molecule has 0 fully saturated rings. The van der Waals surface area contributed by atoms with Crippen molar-refractivity contribution in [2.24, 2.45) is 0 Å². The highest BCUT2D eigenvalue weighted by molar-refractivity contribution is 6.31. The van der Waals surface area contributed by atoms with E-state index >= 15 is 0 Å². The second-order valence-electron chi connectivity index (χ2n) is 4.08. The highest BCUT2D eigenvalue weighted by Gasteiger charge is 2.20. The standard InChI is InChI=1S/C12H12ClNO/c13-9-3-4-10-8(6-9)7-11-12(15)2-1-5-14(10)11/h3-4,6-7,12,15H,1-2,5H2. The summed E-state index contributed by atoms with van der Waals surface area (Å²) in [5, 5.41) is 11.8. The lowest BCUT2D eigenvalue weighted by molar-refractivity contribution is 0.140. The molecule has 78 valence electrons. The number of halogens is 1. The molecule has 2 heterocycles. The molecule has 0 amide bonds. The van der Waals surface area contributed by atoms with E-state index < -0.39 is 0 Å². The molecule has 1 aromatic carbocycles. The van der Waals surface area contributed by atoms with Crippen LogP contribution >= 0.6 is 11.6 Å². The SMILES string of the molecule is OC1CCCn2c1cc1cc(Cl)ccc12. The summed E-state index contributed by atoms with van der Waals surface area (Å²) in [6.45, 7) is 0.998. The Kier molecular flexibility index (Phi) is 2.01. The monoisotopic (exact) mass is 221 g/mol. The fourth-order valence-corrected chi connectivity index (χ4v) is 2.56. The number of nitrogens with zero attached hydrogens (tertiary/aromatic N) is 1. The molecule has 15 heavy (non-hydrogen) atoms. The van der Waals surface area contributed by atoms with Crippen LogP contribution in [0.1, 0.15) is 24.6 Å². The molecule has 0 saturated carbocycles. The van der Waals surface area contributed by atoms with Gasteiger partial charge >= 0.3 is 0 Å². The maximum Gasteiger partial charge on any atom is 0.0940 e. The van der Waals surface area contributed by atoms with Crippen LogP contribution in [0.15, 0.2) is 24.3 Å². The van der Waals surface area contributed by atoms with E-state index in [0.717, 1.165) is 35.5 Å². The van der Waals surface area contributed by atoms with Crippen molar-refractivity contribution in [2.75, 3.05) is 0 Å². The summed E-state index contributed by atoms with van der Waals surface area (Å²) >= 11 is 5.95. The maximum absolute atomic E-state index is 9.88. The molecule has 1 atom stereocenters. The topological polar surface area (TPSA) is 25.2 Å². The van der Waals surface area contributed by atoms with E-state index in [2.05, 4.69) is 4.57 Å². The molecule has 1 aliphatic rings. The molecule has 0 saturated heterocycles. The summed E-state index contributed by atoms with van der Waals surface area (Å²) in [5.41, 5.74) is 2.20. The van der Waals surface area contributed by atoms with E-state index in [1.165, 1.54) is 5.52 Å². The number of aliphatic hydroxyl groups excluding tert-OH is 1. The Morgan fingerprint density at radius 2 is 2.20 bits per heavy atom. The third-order valence-corrected chi connectivity index (χ3v) is 3.33. The van der Waals surface area contributed by atoms with Gasteiger partial charge in [-0.1, -0.05) is 11.6 Å². The van der Waals surface area contributed by atoms with E-state index in [1.54, 1.807) is 0 Å². The molecular formula is C12H12ClNO. The van der Waals surface area contributed by atoms with Crippen molar-refractivity contribution in [3.63, 3.8) is 0 Å². The van der Waals surface area contributed by atoms with E-state index in [9.17, 15) is 5.11 Å². The average Bonchev–Trinajstić information content (AvgIpc) is 2.57. The van der Waals surface area contributed by atoms with Crippen molar-refractivity contribution in [1.82, 2.24) is 4.57 Å². The van der Waals surface area contributed by atoms with Gasteiger partial charge in [-0.2, -0.15) is 0 Å². The minimum atomic E-state index is -0.315. The number of fused-ring (bicyclic) bond motifs is 3. The highest BCUT2D eigenvalue weighted by Crippen LogP contribution is 2.32. The molecule has 2 aromatic rings. The van der Waals surface area contributed by atoms with E-state index in [1.807, 2.05) is 24.3 Å². The molecule has 1 aliphatic heterocycles. The minimum absolute atomic E-state index is 0.315.